The molecule has 1 aromatic rings. The molecule has 1 aliphatic rings. The number of hydrogen-bond donors (Lipinski definition) is 3. The summed E-state index contributed by atoms with van der Waals surface area (Å²) in [6.07, 6.45) is 1.28. The molecule has 0 atom stereocenters. The number of anilines is 2. The SMILES string of the molecule is C=CN(O)c1ccc(NNC(=O)C(=O)N2CCOCC2)cc1C. The first-order valence-electron chi connectivity index (χ1n) is 7.17. The lowest BCUT2D eigenvalue weighted by molar-refractivity contribution is -0.148. The topological polar surface area (TPSA) is 94.1 Å². The first-order chi connectivity index (χ1) is 11.0. The van der Waals surface area contributed by atoms with E-state index in [2.05, 4.69) is 17.4 Å². The second-order valence-electron chi connectivity index (χ2n) is 5.01. The number of rotatable bonds is 4. The van der Waals surface area contributed by atoms with E-state index >= 15 is 0 Å². The van der Waals surface area contributed by atoms with Gasteiger partial charge in [-0.05, 0) is 30.7 Å². The van der Waals surface area contributed by atoms with E-state index in [0.29, 0.717) is 37.7 Å². The minimum Gasteiger partial charge on any atom is -0.378 e. The number of nitrogens with zero attached hydrogens (tertiary/aromatic N) is 2. The summed E-state index contributed by atoms with van der Waals surface area (Å²) in [6, 6.07) is 5.05. The Bertz CT molecular complexity index is 599. The van der Waals surface area contributed by atoms with Gasteiger partial charge in [0, 0.05) is 19.3 Å². The van der Waals surface area contributed by atoms with Crippen LogP contribution in [0.5, 0.6) is 0 Å². The Kier molecular flexibility index (Phi) is 5.56. The van der Waals surface area contributed by atoms with Crippen molar-refractivity contribution in [1.29, 1.82) is 0 Å². The Morgan fingerprint density at radius 1 is 1.39 bits per heavy atom. The molecule has 0 aliphatic carbocycles. The fourth-order valence-corrected chi connectivity index (χ4v) is 2.18. The molecule has 1 aliphatic heterocycles. The second-order valence-corrected chi connectivity index (χ2v) is 5.01. The van der Waals surface area contributed by atoms with E-state index in [0.717, 1.165) is 10.6 Å². The van der Waals surface area contributed by atoms with E-state index in [9.17, 15) is 14.8 Å². The van der Waals surface area contributed by atoms with Crippen molar-refractivity contribution < 1.29 is 19.5 Å². The number of benzene rings is 1. The number of hydrazine groups is 1. The van der Waals surface area contributed by atoms with E-state index < -0.39 is 11.8 Å². The van der Waals surface area contributed by atoms with E-state index in [1.807, 2.05) is 0 Å². The lowest BCUT2D eigenvalue weighted by Crippen LogP contribution is -2.49. The van der Waals surface area contributed by atoms with Gasteiger partial charge in [0.2, 0.25) is 0 Å². The van der Waals surface area contributed by atoms with Gasteiger partial charge in [0.1, 0.15) is 0 Å². The van der Waals surface area contributed by atoms with Gasteiger partial charge in [-0.3, -0.25) is 25.6 Å². The van der Waals surface area contributed by atoms with Crippen molar-refractivity contribution in [2.45, 2.75) is 6.92 Å². The number of nitrogens with one attached hydrogen (secondary N) is 2. The fourth-order valence-electron chi connectivity index (χ4n) is 2.18. The maximum absolute atomic E-state index is 11.9. The fraction of sp³-hybridized carbons (Fsp3) is 0.333. The molecule has 0 radical (unpaired) electrons. The molecule has 2 rings (SSSR count). The number of morpholine rings is 1. The van der Waals surface area contributed by atoms with Crippen LogP contribution in [0.25, 0.3) is 0 Å². The van der Waals surface area contributed by atoms with E-state index in [4.69, 9.17) is 4.74 Å². The Balaban J connectivity index is 1.92. The molecule has 3 N–H and O–H groups in total. The third kappa shape index (κ3) is 4.21. The highest BCUT2D eigenvalue weighted by Crippen LogP contribution is 2.22. The zero-order valence-corrected chi connectivity index (χ0v) is 12.9. The van der Waals surface area contributed by atoms with Gasteiger partial charge >= 0.3 is 11.8 Å². The third-order valence-electron chi connectivity index (χ3n) is 3.43. The minimum absolute atomic E-state index is 0.411. The lowest BCUT2D eigenvalue weighted by atomic mass is 10.2. The number of hydrogen-bond acceptors (Lipinski definition) is 6. The average molecular weight is 320 g/mol. The quantitative estimate of drug-likeness (QED) is 0.557. The lowest BCUT2D eigenvalue weighted by Gasteiger charge is -2.26. The molecule has 124 valence electrons. The summed E-state index contributed by atoms with van der Waals surface area (Å²) in [5.74, 6) is -1.33. The van der Waals surface area contributed by atoms with E-state index in [-0.39, 0.29) is 0 Å². The van der Waals surface area contributed by atoms with Gasteiger partial charge in [0.25, 0.3) is 0 Å². The zero-order valence-electron chi connectivity index (χ0n) is 12.9. The van der Waals surface area contributed by atoms with Crippen LogP contribution < -0.4 is 15.9 Å². The second kappa shape index (κ2) is 7.61. The highest BCUT2D eigenvalue weighted by molar-refractivity contribution is 6.35. The van der Waals surface area contributed by atoms with Crippen molar-refractivity contribution in [3.8, 4) is 0 Å². The van der Waals surface area contributed by atoms with Gasteiger partial charge in [-0.1, -0.05) is 6.58 Å². The molecule has 0 bridgehead atoms. The van der Waals surface area contributed by atoms with Crippen molar-refractivity contribution in [2.75, 3.05) is 36.8 Å². The normalized spacial score (nSPS) is 14.1. The van der Waals surface area contributed by atoms with Crippen LogP contribution in [-0.2, 0) is 14.3 Å². The van der Waals surface area contributed by atoms with Crippen LogP contribution in [0.4, 0.5) is 11.4 Å². The average Bonchev–Trinajstić information content (AvgIpc) is 2.59. The molecule has 2 amide bonds. The van der Waals surface area contributed by atoms with Gasteiger partial charge in [-0.15, -0.1) is 0 Å². The Morgan fingerprint density at radius 3 is 2.70 bits per heavy atom. The van der Waals surface area contributed by atoms with Crippen LogP contribution in [0.15, 0.2) is 31.0 Å². The van der Waals surface area contributed by atoms with Crippen LogP contribution in [0.3, 0.4) is 0 Å². The molecule has 0 spiro atoms. The number of ether oxygens (including phenoxy) is 1. The molecule has 8 heteroatoms. The number of carbonyl (C=O) groups is 2. The largest absolute Gasteiger partial charge is 0.378 e. The van der Waals surface area contributed by atoms with Crippen LogP contribution in [0, 0.1) is 6.92 Å². The van der Waals surface area contributed by atoms with Crippen molar-refractivity contribution in [3.63, 3.8) is 0 Å². The monoisotopic (exact) mass is 320 g/mol. The van der Waals surface area contributed by atoms with E-state index in [1.165, 1.54) is 11.1 Å². The molecule has 23 heavy (non-hydrogen) atoms. The first kappa shape index (κ1) is 16.8. The number of amides is 2. The van der Waals surface area contributed by atoms with Crippen LogP contribution >= 0.6 is 0 Å². The molecular weight excluding hydrogens is 300 g/mol. The molecule has 0 unspecified atom stereocenters. The molecule has 0 aromatic heterocycles. The molecule has 1 heterocycles. The summed E-state index contributed by atoms with van der Waals surface area (Å²) in [5.41, 5.74) is 6.98. The molecule has 0 saturated carbocycles. The van der Waals surface area contributed by atoms with Gasteiger partial charge in [-0.25, -0.2) is 5.06 Å². The summed E-state index contributed by atoms with van der Waals surface area (Å²) >= 11 is 0. The zero-order chi connectivity index (χ0) is 16.8. The molecule has 1 fully saturated rings. The van der Waals surface area contributed by atoms with Crippen molar-refractivity contribution in [2.24, 2.45) is 0 Å². The van der Waals surface area contributed by atoms with Gasteiger partial charge in [0.15, 0.2) is 0 Å². The highest BCUT2D eigenvalue weighted by Gasteiger charge is 2.23. The summed E-state index contributed by atoms with van der Waals surface area (Å²) in [5, 5.41) is 10.5. The molecule has 1 saturated heterocycles. The van der Waals surface area contributed by atoms with E-state index in [1.54, 1.807) is 25.1 Å². The predicted molar refractivity (Wildman–Crippen MR) is 84.8 cm³/mol. The highest BCUT2D eigenvalue weighted by atomic mass is 16.5. The van der Waals surface area contributed by atoms with Gasteiger partial charge in [-0.2, -0.15) is 0 Å². The third-order valence-corrected chi connectivity index (χ3v) is 3.43. The molecule has 1 aromatic carbocycles. The standard InChI is InChI=1S/C15H20N4O4/c1-3-19(22)13-5-4-12(10-11(13)2)16-17-14(20)15(21)18-6-8-23-9-7-18/h3-5,10,16,22H,1,6-9H2,2H3,(H,17,20). The van der Waals surface area contributed by atoms with Crippen LogP contribution in [-0.4, -0.2) is 48.2 Å². The Labute approximate surface area is 134 Å². The van der Waals surface area contributed by atoms with Crippen molar-refractivity contribution >= 4 is 23.2 Å². The van der Waals surface area contributed by atoms with Crippen molar-refractivity contribution in [1.82, 2.24) is 10.3 Å². The Morgan fingerprint density at radius 2 is 2.09 bits per heavy atom. The smallest absolute Gasteiger partial charge is 0.327 e. The maximum Gasteiger partial charge on any atom is 0.327 e. The maximum atomic E-state index is 11.9. The summed E-state index contributed by atoms with van der Waals surface area (Å²) in [4.78, 5) is 25.2. The first-order valence-corrected chi connectivity index (χ1v) is 7.17. The molecular formula is C15H20N4O4. The van der Waals surface area contributed by atoms with Gasteiger partial charge in [0.05, 0.1) is 24.6 Å². The van der Waals surface area contributed by atoms with Crippen LogP contribution in [0.1, 0.15) is 5.56 Å². The Hall–Kier alpha value is -2.58. The number of aryl methyl sites for hydroxylation is 1. The molecule has 8 nitrogen and oxygen atoms in total. The number of hydroxylamine groups is 1. The van der Waals surface area contributed by atoms with Crippen molar-refractivity contribution in [3.05, 3.63) is 36.5 Å². The summed E-state index contributed by atoms with van der Waals surface area (Å²) < 4.78 is 5.14. The van der Waals surface area contributed by atoms with Gasteiger partial charge < -0.3 is 9.64 Å². The minimum atomic E-state index is -0.733. The summed E-state index contributed by atoms with van der Waals surface area (Å²) in [6.45, 7) is 6.97. The predicted octanol–water partition coefficient (Wildman–Crippen LogP) is 0.636. The summed E-state index contributed by atoms with van der Waals surface area (Å²) in [7, 11) is 0. The number of carbonyl (C=O) groups excluding carboxylic acids is 2. The van der Waals surface area contributed by atoms with Crippen LogP contribution in [0.2, 0.25) is 0 Å².